The Bertz CT molecular complexity index is 599. The van der Waals surface area contributed by atoms with Gasteiger partial charge in [-0.05, 0) is 30.0 Å². The molecular weight excluding hydrogens is 320 g/mol. The van der Waals surface area contributed by atoms with Gasteiger partial charge in [-0.2, -0.15) is 0 Å². The highest BCUT2D eigenvalue weighted by atomic mass is 79.9. The van der Waals surface area contributed by atoms with Gasteiger partial charge in [0.25, 0.3) is 5.22 Å². The van der Waals surface area contributed by atoms with Gasteiger partial charge in [0.2, 0.25) is 5.89 Å². The summed E-state index contributed by atoms with van der Waals surface area (Å²) >= 11 is 4.61. The van der Waals surface area contributed by atoms with Crippen LogP contribution in [0, 0.1) is 6.92 Å². The highest BCUT2D eigenvalue weighted by molar-refractivity contribution is 9.10. The van der Waals surface area contributed by atoms with Crippen molar-refractivity contribution in [3.63, 3.8) is 0 Å². The Kier molecular flexibility index (Phi) is 3.87. The van der Waals surface area contributed by atoms with Crippen molar-refractivity contribution < 1.29 is 9.62 Å². The Balaban J connectivity index is 2.39. The molecule has 0 aliphatic carbocycles. The van der Waals surface area contributed by atoms with E-state index in [1.54, 1.807) is 19.1 Å². The van der Waals surface area contributed by atoms with Gasteiger partial charge >= 0.3 is 0 Å². The number of hydrogen-bond acceptors (Lipinski definition) is 6. The fourth-order valence-corrected chi connectivity index (χ4v) is 2.67. The maximum Gasteiger partial charge on any atom is 0.281 e. The molecular formula is C10H9BrN4O2S. The molecule has 2 rings (SSSR count). The molecule has 2 aromatic rings. The van der Waals surface area contributed by atoms with Crippen molar-refractivity contribution in [2.24, 2.45) is 10.9 Å². The highest BCUT2D eigenvalue weighted by Gasteiger charge is 2.12. The number of benzene rings is 1. The van der Waals surface area contributed by atoms with Crippen LogP contribution < -0.4 is 5.73 Å². The van der Waals surface area contributed by atoms with Crippen molar-refractivity contribution in [2.45, 2.75) is 17.0 Å². The quantitative estimate of drug-likeness (QED) is 0.388. The van der Waals surface area contributed by atoms with Gasteiger partial charge in [0, 0.05) is 21.9 Å². The summed E-state index contributed by atoms with van der Waals surface area (Å²) in [4.78, 5) is 0.753. The number of rotatable bonds is 3. The van der Waals surface area contributed by atoms with Crippen LogP contribution in [0.25, 0.3) is 0 Å². The van der Waals surface area contributed by atoms with Crippen LogP contribution in [0.4, 0.5) is 0 Å². The van der Waals surface area contributed by atoms with Gasteiger partial charge in [-0.25, -0.2) is 0 Å². The van der Waals surface area contributed by atoms with Crippen molar-refractivity contribution in [2.75, 3.05) is 0 Å². The normalized spacial score (nSPS) is 11.8. The zero-order valence-corrected chi connectivity index (χ0v) is 11.7. The molecule has 0 aliphatic heterocycles. The summed E-state index contributed by atoms with van der Waals surface area (Å²) in [5.74, 6) is 0.513. The average molecular weight is 329 g/mol. The number of amidine groups is 1. The third-order valence-corrected chi connectivity index (χ3v) is 3.42. The van der Waals surface area contributed by atoms with Gasteiger partial charge in [0.05, 0.1) is 0 Å². The van der Waals surface area contributed by atoms with E-state index in [0.717, 1.165) is 9.37 Å². The van der Waals surface area contributed by atoms with E-state index in [1.165, 1.54) is 11.8 Å². The van der Waals surface area contributed by atoms with Crippen LogP contribution in [-0.2, 0) is 0 Å². The number of hydrogen-bond donors (Lipinski definition) is 2. The second-order valence-corrected chi connectivity index (χ2v) is 5.22. The van der Waals surface area contributed by atoms with Crippen molar-refractivity contribution in [1.29, 1.82) is 0 Å². The maximum absolute atomic E-state index is 8.74. The van der Waals surface area contributed by atoms with Gasteiger partial charge in [-0.3, -0.25) is 0 Å². The van der Waals surface area contributed by atoms with E-state index in [0.29, 0.717) is 16.7 Å². The number of halogens is 1. The summed E-state index contributed by atoms with van der Waals surface area (Å²) in [6.45, 7) is 1.71. The second kappa shape index (κ2) is 5.40. The van der Waals surface area contributed by atoms with Crippen LogP contribution in [0.15, 0.2) is 42.4 Å². The Hall–Kier alpha value is -1.54. The third kappa shape index (κ3) is 2.82. The average Bonchev–Trinajstić information content (AvgIpc) is 2.74. The van der Waals surface area contributed by atoms with Crippen LogP contribution in [0.2, 0.25) is 0 Å². The summed E-state index contributed by atoms with van der Waals surface area (Å²) in [6, 6.07) is 5.37. The fraction of sp³-hybridized carbons (Fsp3) is 0.100. The Morgan fingerprint density at radius 1 is 1.50 bits per heavy atom. The number of nitrogens with zero attached hydrogens (tertiary/aromatic N) is 3. The first-order valence-corrected chi connectivity index (χ1v) is 6.46. The first kappa shape index (κ1) is 12.9. The summed E-state index contributed by atoms with van der Waals surface area (Å²) in [6.07, 6.45) is 0. The zero-order chi connectivity index (χ0) is 13.1. The molecule has 0 saturated heterocycles. The molecule has 3 N–H and O–H groups in total. The van der Waals surface area contributed by atoms with Crippen LogP contribution in [0.1, 0.15) is 11.5 Å². The molecule has 0 saturated carbocycles. The molecule has 0 unspecified atom stereocenters. The standard InChI is InChI=1S/C10H9BrN4O2S/c1-5-13-14-10(17-5)18-8-4-6(11)2-3-7(8)9(12)15-16/h2-4,16H,1H3,(H2,12,15). The lowest BCUT2D eigenvalue weighted by atomic mass is 10.2. The summed E-state index contributed by atoms with van der Waals surface area (Å²) in [5, 5.41) is 19.8. The second-order valence-electron chi connectivity index (χ2n) is 3.31. The topological polar surface area (TPSA) is 97.5 Å². The summed E-state index contributed by atoms with van der Waals surface area (Å²) in [5.41, 5.74) is 6.21. The monoisotopic (exact) mass is 328 g/mol. The van der Waals surface area contributed by atoms with E-state index >= 15 is 0 Å². The van der Waals surface area contributed by atoms with Gasteiger partial charge in [-0.1, -0.05) is 21.1 Å². The molecule has 94 valence electrons. The maximum atomic E-state index is 8.74. The molecule has 0 bridgehead atoms. The molecule has 1 heterocycles. The van der Waals surface area contributed by atoms with Gasteiger partial charge in [0.1, 0.15) is 0 Å². The van der Waals surface area contributed by atoms with E-state index in [2.05, 4.69) is 31.3 Å². The first-order valence-electron chi connectivity index (χ1n) is 4.85. The fourth-order valence-electron chi connectivity index (χ4n) is 1.26. The number of oxime groups is 1. The molecule has 0 radical (unpaired) electrons. The van der Waals surface area contributed by atoms with E-state index in [4.69, 9.17) is 15.4 Å². The van der Waals surface area contributed by atoms with Crippen LogP contribution >= 0.6 is 27.7 Å². The number of aryl methyl sites for hydroxylation is 1. The molecule has 1 aromatic carbocycles. The first-order chi connectivity index (χ1) is 8.60. The molecule has 1 aromatic heterocycles. The number of aromatic nitrogens is 2. The lowest BCUT2D eigenvalue weighted by Gasteiger charge is -2.06. The Labute approximate surface area is 115 Å². The molecule has 0 spiro atoms. The largest absolute Gasteiger partial charge is 0.416 e. The van der Waals surface area contributed by atoms with Crippen LogP contribution in [-0.4, -0.2) is 21.2 Å². The van der Waals surface area contributed by atoms with Crippen molar-refractivity contribution in [3.8, 4) is 0 Å². The van der Waals surface area contributed by atoms with Crippen molar-refractivity contribution >= 4 is 33.5 Å². The predicted molar refractivity (Wildman–Crippen MR) is 69.8 cm³/mol. The van der Waals surface area contributed by atoms with E-state index in [-0.39, 0.29) is 5.84 Å². The van der Waals surface area contributed by atoms with Crippen molar-refractivity contribution in [3.05, 3.63) is 34.1 Å². The van der Waals surface area contributed by atoms with Crippen LogP contribution in [0.5, 0.6) is 0 Å². The lowest BCUT2D eigenvalue weighted by Crippen LogP contribution is -2.14. The van der Waals surface area contributed by atoms with Gasteiger partial charge < -0.3 is 15.4 Å². The minimum atomic E-state index is 0.0289. The minimum absolute atomic E-state index is 0.0289. The SMILES string of the molecule is Cc1nnc(Sc2cc(Br)ccc2/C(N)=N/O)o1. The summed E-state index contributed by atoms with van der Waals surface area (Å²) in [7, 11) is 0. The Morgan fingerprint density at radius 3 is 2.89 bits per heavy atom. The molecule has 0 fully saturated rings. The van der Waals surface area contributed by atoms with E-state index < -0.39 is 0 Å². The Morgan fingerprint density at radius 2 is 2.28 bits per heavy atom. The smallest absolute Gasteiger partial charge is 0.281 e. The van der Waals surface area contributed by atoms with Crippen LogP contribution in [0.3, 0.4) is 0 Å². The van der Waals surface area contributed by atoms with E-state index in [1.807, 2.05) is 6.07 Å². The minimum Gasteiger partial charge on any atom is -0.416 e. The molecule has 0 amide bonds. The highest BCUT2D eigenvalue weighted by Crippen LogP contribution is 2.31. The van der Waals surface area contributed by atoms with Gasteiger partial charge in [0.15, 0.2) is 5.84 Å². The lowest BCUT2D eigenvalue weighted by molar-refractivity contribution is 0.318. The summed E-state index contributed by atoms with van der Waals surface area (Å²) < 4.78 is 6.15. The molecule has 0 aliphatic rings. The number of nitrogens with two attached hydrogens (primary N) is 1. The molecule has 8 heteroatoms. The molecule has 6 nitrogen and oxygen atoms in total. The third-order valence-electron chi connectivity index (χ3n) is 2.03. The zero-order valence-electron chi connectivity index (χ0n) is 9.29. The molecule has 0 atom stereocenters. The molecule has 18 heavy (non-hydrogen) atoms. The van der Waals surface area contributed by atoms with E-state index in [9.17, 15) is 0 Å². The van der Waals surface area contributed by atoms with Crippen molar-refractivity contribution in [1.82, 2.24) is 10.2 Å². The van der Waals surface area contributed by atoms with Gasteiger partial charge in [-0.15, -0.1) is 10.2 Å². The predicted octanol–water partition coefficient (Wildman–Crippen LogP) is 2.39.